The molecule has 96 valence electrons. The highest BCUT2D eigenvalue weighted by molar-refractivity contribution is 7.05. The second kappa shape index (κ2) is 5.04. The Morgan fingerprint density at radius 2 is 2.00 bits per heavy atom. The van der Waals surface area contributed by atoms with Crippen molar-refractivity contribution in [2.75, 3.05) is 7.11 Å². The zero-order valence-electron chi connectivity index (χ0n) is 11.0. The molecular weight excluding hydrogens is 246 g/mol. The lowest BCUT2D eigenvalue weighted by molar-refractivity contribution is 0.404. The molecule has 2 N–H and O–H groups in total. The van der Waals surface area contributed by atoms with Gasteiger partial charge in [-0.15, -0.1) is 5.10 Å². The second-order valence-electron chi connectivity index (χ2n) is 4.33. The summed E-state index contributed by atoms with van der Waals surface area (Å²) in [7, 11) is 1.68. The van der Waals surface area contributed by atoms with Gasteiger partial charge in [0.25, 0.3) is 0 Å². The number of hydrogen-bond donors (Lipinski definition) is 1. The molecule has 0 fully saturated rings. The molecule has 0 aliphatic heterocycles. The van der Waals surface area contributed by atoms with E-state index in [-0.39, 0.29) is 6.04 Å². The number of rotatable bonds is 3. The van der Waals surface area contributed by atoms with Gasteiger partial charge in [-0.3, -0.25) is 0 Å². The van der Waals surface area contributed by atoms with Crippen molar-refractivity contribution in [1.29, 1.82) is 0 Å². The zero-order valence-corrected chi connectivity index (χ0v) is 11.8. The van der Waals surface area contributed by atoms with Crippen LogP contribution in [0.25, 0.3) is 0 Å². The molecule has 0 radical (unpaired) electrons. The molecule has 0 bridgehead atoms. The van der Waals surface area contributed by atoms with E-state index in [9.17, 15) is 0 Å². The van der Waals surface area contributed by atoms with Crippen LogP contribution in [0, 0.1) is 20.8 Å². The molecule has 5 heteroatoms. The second-order valence-corrected chi connectivity index (χ2v) is 5.12. The molecule has 0 saturated heterocycles. The van der Waals surface area contributed by atoms with Crippen molar-refractivity contribution in [3.8, 4) is 5.75 Å². The number of aryl methyl sites for hydroxylation is 2. The number of methoxy groups -OCH3 is 1. The molecule has 1 heterocycles. The van der Waals surface area contributed by atoms with Crippen LogP contribution in [0.4, 0.5) is 0 Å². The first-order valence-electron chi connectivity index (χ1n) is 5.74. The van der Waals surface area contributed by atoms with Crippen molar-refractivity contribution in [3.05, 3.63) is 39.4 Å². The van der Waals surface area contributed by atoms with Gasteiger partial charge >= 0.3 is 0 Å². The van der Waals surface area contributed by atoms with Crippen LogP contribution in [0.15, 0.2) is 12.1 Å². The third kappa shape index (κ3) is 2.11. The monoisotopic (exact) mass is 263 g/mol. The quantitative estimate of drug-likeness (QED) is 0.924. The van der Waals surface area contributed by atoms with Crippen molar-refractivity contribution in [2.24, 2.45) is 5.73 Å². The molecule has 0 saturated carbocycles. The summed E-state index contributed by atoms with van der Waals surface area (Å²) in [5, 5.41) is 4.01. The summed E-state index contributed by atoms with van der Waals surface area (Å²) >= 11 is 1.34. The molecule has 18 heavy (non-hydrogen) atoms. The average molecular weight is 263 g/mol. The van der Waals surface area contributed by atoms with E-state index in [4.69, 9.17) is 10.5 Å². The predicted molar refractivity (Wildman–Crippen MR) is 73.1 cm³/mol. The first-order valence-corrected chi connectivity index (χ1v) is 6.52. The number of ether oxygens (including phenoxy) is 1. The van der Waals surface area contributed by atoms with Gasteiger partial charge in [-0.05, 0) is 43.4 Å². The van der Waals surface area contributed by atoms with Gasteiger partial charge in [0.1, 0.15) is 5.75 Å². The fourth-order valence-corrected chi connectivity index (χ4v) is 2.66. The van der Waals surface area contributed by atoms with E-state index >= 15 is 0 Å². The molecule has 4 nitrogen and oxygen atoms in total. The lowest BCUT2D eigenvalue weighted by Gasteiger charge is -2.17. The third-order valence-corrected chi connectivity index (χ3v) is 4.12. The van der Waals surface area contributed by atoms with Crippen LogP contribution in [-0.4, -0.2) is 16.7 Å². The van der Waals surface area contributed by atoms with E-state index in [0.717, 1.165) is 27.4 Å². The Morgan fingerprint density at radius 1 is 1.28 bits per heavy atom. The number of nitrogens with zero attached hydrogens (tertiary/aromatic N) is 2. The highest BCUT2D eigenvalue weighted by Crippen LogP contribution is 2.34. The smallest absolute Gasteiger partial charge is 0.127 e. The van der Waals surface area contributed by atoms with Gasteiger partial charge in [0.2, 0.25) is 0 Å². The van der Waals surface area contributed by atoms with Gasteiger partial charge in [0.05, 0.1) is 23.7 Å². The van der Waals surface area contributed by atoms with Crippen LogP contribution < -0.4 is 10.5 Å². The lowest BCUT2D eigenvalue weighted by atomic mass is 9.98. The van der Waals surface area contributed by atoms with E-state index in [2.05, 4.69) is 22.6 Å². The Balaban J connectivity index is 2.52. The maximum atomic E-state index is 6.31. The van der Waals surface area contributed by atoms with E-state index in [1.807, 2.05) is 19.9 Å². The largest absolute Gasteiger partial charge is 0.496 e. The molecule has 0 aliphatic carbocycles. The molecule has 2 rings (SSSR count). The molecular formula is C13H17N3OS. The molecule has 1 aromatic carbocycles. The topological polar surface area (TPSA) is 61.0 Å². The first-order chi connectivity index (χ1) is 8.56. The van der Waals surface area contributed by atoms with Crippen LogP contribution in [-0.2, 0) is 0 Å². The maximum absolute atomic E-state index is 6.31. The molecule has 2 aromatic rings. The van der Waals surface area contributed by atoms with Gasteiger partial charge in [0.15, 0.2) is 0 Å². The molecule has 0 aliphatic rings. The van der Waals surface area contributed by atoms with Crippen molar-refractivity contribution >= 4 is 11.5 Å². The van der Waals surface area contributed by atoms with E-state index in [1.54, 1.807) is 7.11 Å². The van der Waals surface area contributed by atoms with Crippen molar-refractivity contribution in [1.82, 2.24) is 9.59 Å². The number of hydrogen-bond acceptors (Lipinski definition) is 5. The molecule has 1 aromatic heterocycles. The van der Waals surface area contributed by atoms with Crippen molar-refractivity contribution in [2.45, 2.75) is 26.8 Å². The fourth-order valence-electron chi connectivity index (χ4n) is 1.99. The summed E-state index contributed by atoms with van der Waals surface area (Å²) in [6.07, 6.45) is 0. The Bertz CT molecular complexity index is 565. The molecule has 0 amide bonds. The minimum Gasteiger partial charge on any atom is -0.496 e. The molecule has 1 atom stereocenters. The lowest BCUT2D eigenvalue weighted by Crippen LogP contribution is -2.13. The van der Waals surface area contributed by atoms with Crippen LogP contribution in [0.2, 0.25) is 0 Å². The van der Waals surface area contributed by atoms with E-state index in [1.165, 1.54) is 17.1 Å². The summed E-state index contributed by atoms with van der Waals surface area (Å²) in [6, 6.07) is 3.85. The molecule has 1 unspecified atom stereocenters. The normalized spacial score (nSPS) is 12.5. The standard InChI is InChI=1S/C13H17N3OS/c1-7-5-6-10(12(17-4)8(7)2)11(14)13-9(3)15-16-18-13/h5-6,11H,14H2,1-4H3. The minimum absolute atomic E-state index is 0.237. The summed E-state index contributed by atoms with van der Waals surface area (Å²) in [6.45, 7) is 6.03. The van der Waals surface area contributed by atoms with E-state index in [0.29, 0.717) is 0 Å². The van der Waals surface area contributed by atoms with Gasteiger partial charge in [-0.2, -0.15) is 0 Å². The Labute approximate surface area is 111 Å². The summed E-state index contributed by atoms with van der Waals surface area (Å²) in [5.74, 6) is 0.857. The van der Waals surface area contributed by atoms with Crippen molar-refractivity contribution in [3.63, 3.8) is 0 Å². The third-order valence-electron chi connectivity index (χ3n) is 3.22. The highest BCUT2D eigenvalue weighted by Gasteiger charge is 2.20. The SMILES string of the molecule is COc1c(C(N)c2snnc2C)ccc(C)c1C. The molecule has 0 spiro atoms. The van der Waals surface area contributed by atoms with Crippen LogP contribution in [0.5, 0.6) is 5.75 Å². The number of nitrogens with two attached hydrogens (primary N) is 1. The maximum Gasteiger partial charge on any atom is 0.127 e. The van der Waals surface area contributed by atoms with Crippen LogP contribution in [0.3, 0.4) is 0 Å². The van der Waals surface area contributed by atoms with Crippen molar-refractivity contribution < 1.29 is 4.74 Å². The van der Waals surface area contributed by atoms with Gasteiger partial charge < -0.3 is 10.5 Å². The average Bonchev–Trinajstić information content (AvgIpc) is 2.78. The Kier molecular flexibility index (Phi) is 3.63. The Morgan fingerprint density at radius 3 is 2.56 bits per heavy atom. The fraction of sp³-hybridized carbons (Fsp3) is 0.385. The summed E-state index contributed by atoms with van der Waals surface area (Å²) in [4.78, 5) is 0.983. The minimum atomic E-state index is -0.237. The van der Waals surface area contributed by atoms with Crippen LogP contribution >= 0.6 is 11.5 Å². The highest BCUT2D eigenvalue weighted by atomic mass is 32.1. The van der Waals surface area contributed by atoms with Crippen LogP contribution in [0.1, 0.15) is 33.3 Å². The zero-order chi connectivity index (χ0) is 13.3. The van der Waals surface area contributed by atoms with E-state index < -0.39 is 0 Å². The van der Waals surface area contributed by atoms with Gasteiger partial charge in [-0.1, -0.05) is 16.6 Å². The van der Waals surface area contributed by atoms with Gasteiger partial charge in [-0.25, -0.2) is 0 Å². The number of benzene rings is 1. The number of aromatic nitrogens is 2. The predicted octanol–water partition coefficient (Wildman–Crippen LogP) is 2.52. The first kappa shape index (κ1) is 13.0. The Hall–Kier alpha value is -1.46. The summed E-state index contributed by atoms with van der Waals surface area (Å²) < 4.78 is 9.43. The summed E-state index contributed by atoms with van der Waals surface area (Å²) in [5.41, 5.74) is 10.5. The van der Waals surface area contributed by atoms with Gasteiger partial charge in [0, 0.05) is 5.56 Å².